The van der Waals surface area contributed by atoms with E-state index in [-0.39, 0.29) is 28.8 Å². The topological polar surface area (TPSA) is 111 Å². The zero-order valence-electron chi connectivity index (χ0n) is 18.7. The van der Waals surface area contributed by atoms with Crippen LogP contribution in [0.5, 0.6) is 0 Å². The number of carbonyl (C=O) groups is 2. The number of rotatable bonds is 6. The summed E-state index contributed by atoms with van der Waals surface area (Å²) in [7, 11) is -3.87. The minimum atomic E-state index is -3.87. The van der Waals surface area contributed by atoms with Crippen molar-refractivity contribution in [3.8, 4) is 6.07 Å². The molecule has 1 aromatic rings. The Balaban J connectivity index is 1.44. The van der Waals surface area contributed by atoms with Gasteiger partial charge in [-0.3, -0.25) is 14.5 Å². The van der Waals surface area contributed by atoms with Crippen molar-refractivity contribution in [2.24, 2.45) is 0 Å². The highest BCUT2D eigenvalue weighted by Gasteiger charge is 2.60. The van der Waals surface area contributed by atoms with Crippen LogP contribution in [-0.4, -0.2) is 83.5 Å². The average Bonchev–Trinajstić information content (AvgIpc) is 3.76. The molecule has 2 aliphatic carbocycles. The van der Waals surface area contributed by atoms with Crippen LogP contribution in [-0.2, 0) is 19.4 Å². The summed E-state index contributed by atoms with van der Waals surface area (Å²) in [4.78, 5) is 30.8. The molecule has 2 aliphatic heterocycles. The third-order valence-electron chi connectivity index (χ3n) is 7.47. The van der Waals surface area contributed by atoms with E-state index in [2.05, 4.69) is 16.3 Å². The first-order valence-corrected chi connectivity index (χ1v) is 14.7. The van der Waals surface area contributed by atoms with Crippen molar-refractivity contribution in [3.05, 3.63) is 29.3 Å². The Morgan fingerprint density at radius 1 is 1.15 bits per heavy atom. The second-order valence-corrected chi connectivity index (χ2v) is 13.4. The van der Waals surface area contributed by atoms with E-state index in [9.17, 15) is 23.3 Å². The van der Waals surface area contributed by atoms with E-state index in [1.807, 2.05) is 11.8 Å². The minimum absolute atomic E-state index is 0.0139. The number of amides is 2. The van der Waals surface area contributed by atoms with Gasteiger partial charge >= 0.3 is 0 Å². The standard InChI is InChI=1S/C23H27ClN4O4S2/c24-17-3-1-2-4-19(17)34(31,32)16-13-18(20(29)26-22(15-25)5-6-22)28(14-16)21(30)23(7-8-23)27-9-11-33-12-10-27/h1-4,16,18H,5-14H2,(H,26,29). The first-order valence-electron chi connectivity index (χ1n) is 11.6. The largest absolute Gasteiger partial charge is 0.336 e. The monoisotopic (exact) mass is 522 g/mol. The molecule has 2 atom stereocenters. The summed E-state index contributed by atoms with van der Waals surface area (Å²) in [6.07, 6.45) is 2.54. The zero-order valence-corrected chi connectivity index (χ0v) is 21.1. The van der Waals surface area contributed by atoms with E-state index in [1.54, 1.807) is 12.1 Å². The lowest BCUT2D eigenvalue weighted by molar-refractivity contribution is -0.144. The van der Waals surface area contributed by atoms with Crippen LogP contribution in [0.25, 0.3) is 0 Å². The molecule has 182 valence electrons. The van der Waals surface area contributed by atoms with Gasteiger partial charge in [-0.25, -0.2) is 8.42 Å². The van der Waals surface area contributed by atoms with Crippen molar-refractivity contribution >= 4 is 45.0 Å². The van der Waals surface area contributed by atoms with Gasteiger partial charge in [0, 0.05) is 31.1 Å². The van der Waals surface area contributed by atoms with Crippen molar-refractivity contribution in [2.75, 3.05) is 31.1 Å². The third kappa shape index (κ3) is 4.11. The fourth-order valence-electron chi connectivity index (χ4n) is 5.10. The minimum Gasteiger partial charge on any atom is -0.336 e. The molecule has 2 amide bonds. The average molecular weight is 523 g/mol. The molecule has 2 saturated heterocycles. The summed E-state index contributed by atoms with van der Waals surface area (Å²) in [5, 5.41) is 11.4. The Morgan fingerprint density at radius 3 is 2.41 bits per heavy atom. The fraction of sp³-hybridized carbons (Fsp3) is 0.609. The maximum Gasteiger partial charge on any atom is 0.244 e. The summed E-state index contributed by atoms with van der Waals surface area (Å²) in [6.45, 7) is 1.55. The van der Waals surface area contributed by atoms with Gasteiger partial charge in [0.05, 0.1) is 21.2 Å². The number of benzene rings is 1. The van der Waals surface area contributed by atoms with Gasteiger partial charge in [-0.05, 0) is 44.2 Å². The highest BCUT2D eigenvalue weighted by Crippen LogP contribution is 2.46. The quantitative estimate of drug-likeness (QED) is 0.606. The summed E-state index contributed by atoms with van der Waals surface area (Å²) < 4.78 is 27.0. The lowest BCUT2D eigenvalue weighted by atomic mass is 10.1. The Labute approximate surface area is 208 Å². The smallest absolute Gasteiger partial charge is 0.244 e. The van der Waals surface area contributed by atoms with E-state index < -0.39 is 38.1 Å². The predicted octanol–water partition coefficient (Wildman–Crippen LogP) is 1.84. The normalized spacial score (nSPS) is 27.6. The highest BCUT2D eigenvalue weighted by atomic mass is 35.5. The summed E-state index contributed by atoms with van der Waals surface area (Å²) in [5.41, 5.74) is -1.54. The molecular formula is C23H27ClN4O4S2. The number of nitriles is 1. The Hall–Kier alpha value is -1.80. The molecule has 1 N–H and O–H groups in total. The maximum absolute atomic E-state index is 13.9. The van der Waals surface area contributed by atoms with Crippen LogP contribution >= 0.6 is 23.4 Å². The lowest BCUT2D eigenvalue weighted by Gasteiger charge is -2.37. The molecule has 2 saturated carbocycles. The molecule has 2 unspecified atom stereocenters. The van der Waals surface area contributed by atoms with Gasteiger partial charge in [-0.1, -0.05) is 23.7 Å². The van der Waals surface area contributed by atoms with Crippen LogP contribution in [0.3, 0.4) is 0 Å². The van der Waals surface area contributed by atoms with Crippen molar-refractivity contribution in [1.82, 2.24) is 15.1 Å². The molecule has 4 fully saturated rings. The third-order valence-corrected chi connectivity index (χ3v) is 11.0. The number of sulfone groups is 1. The van der Waals surface area contributed by atoms with Gasteiger partial charge in [0.25, 0.3) is 0 Å². The first kappa shape index (κ1) is 23.9. The Kier molecular flexibility index (Phi) is 6.12. The lowest BCUT2D eigenvalue weighted by Crippen LogP contribution is -2.57. The molecule has 1 aromatic carbocycles. The van der Waals surface area contributed by atoms with Gasteiger partial charge in [0.15, 0.2) is 9.84 Å². The van der Waals surface area contributed by atoms with Crippen LogP contribution < -0.4 is 5.32 Å². The number of nitrogens with zero attached hydrogens (tertiary/aromatic N) is 3. The number of nitrogens with one attached hydrogen (secondary N) is 1. The van der Waals surface area contributed by atoms with Gasteiger partial charge in [-0.15, -0.1) is 0 Å². The van der Waals surface area contributed by atoms with Crippen LogP contribution in [0.1, 0.15) is 32.1 Å². The van der Waals surface area contributed by atoms with E-state index in [1.165, 1.54) is 17.0 Å². The molecule has 0 radical (unpaired) electrons. The second kappa shape index (κ2) is 8.70. The predicted molar refractivity (Wildman–Crippen MR) is 129 cm³/mol. The SMILES string of the molecule is N#CC1(NC(=O)C2CC(S(=O)(=O)c3ccccc3Cl)CN2C(=O)C2(N3CCSCC3)CC2)CC1. The Morgan fingerprint density at radius 2 is 1.82 bits per heavy atom. The molecular weight excluding hydrogens is 496 g/mol. The molecule has 5 rings (SSSR count). The van der Waals surface area contributed by atoms with Gasteiger partial charge in [0.2, 0.25) is 11.8 Å². The van der Waals surface area contributed by atoms with Crippen molar-refractivity contribution in [1.29, 1.82) is 5.26 Å². The second-order valence-electron chi connectivity index (χ2n) is 9.62. The molecule has 0 aromatic heterocycles. The van der Waals surface area contributed by atoms with E-state index in [0.717, 1.165) is 24.6 Å². The summed E-state index contributed by atoms with van der Waals surface area (Å²) in [6, 6.07) is 7.45. The zero-order chi connectivity index (χ0) is 24.1. The van der Waals surface area contributed by atoms with E-state index in [4.69, 9.17) is 11.6 Å². The first-order chi connectivity index (χ1) is 16.2. The summed E-state index contributed by atoms with van der Waals surface area (Å²) >= 11 is 8.06. The van der Waals surface area contributed by atoms with Crippen molar-refractivity contribution in [2.45, 2.75) is 59.4 Å². The van der Waals surface area contributed by atoms with Gasteiger partial charge < -0.3 is 10.2 Å². The number of halogens is 1. The number of carbonyl (C=O) groups excluding carboxylic acids is 2. The molecule has 2 heterocycles. The van der Waals surface area contributed by atoms with E-state index >= 15 is 0 Å². The number of likely N-dealkylation sites (tertiary alicyclic amines) is 1. The summed E-state index contributed by atoms with van der Waals surface area (Å²) in [5.74, 6) is 1.28. The molecule has 34 heavy (non-hydrogen) atoms. The van der Waals surface area contributed by atoms with Gasteiger partial charge in [-0.2, -0.15) is 17.0 Å². The van der Waals surface area contributed by atoms with Crippen molar-refractivity contribution < 1.29 is 18.0 Å². The number of thioether (sulfide) groups is 1. The molecule has 8 nitrogen and oxygen atoms in total. The van der Waals surface area contributed by atoms with Gasteiger partial charge in [0.1, 0.15) is 17.1 Å². The number of hydrogen-bond acceptors (Lipinski definition) is 7. The molecule has 0 spiro atoms. The van der Waals surface area contributed by atoms with E-state index in [0.29, 0.717) is 25.7 Å². The Bertz CT molecular complexity index is 1150. The fourth-order valence-corrected chi connectivity index (χ4v) is 8.22. The van der Waals surface area contributed by atoms with Crippen LogP contribution in [0, 0.1) is 11.3 Å². The van der Waals surface area contributed by atoms with Crippen LogP contribution in [0.15, 0.2) is 29.2 Å². The highest BCUT2D eigenvalue weighted by molar-refractivity contribution is 7.99. The maximum atomic E-state index is 13.9. The molecule has 0 bridgehead atoms. The van der Waals surface area contributed by atoms with Crippen LogP contribution in [0.4, 0.5) is 0 Å². The molecule has 11 heteroatoms. The number of hydrogen-bond donors (Lipinski definition) is 1. The molecule has 4 aliphatic rings. The van der Waals surface area contributed by atoms with Crippen molar-refractivity contribution in [3.63, 3.8) is 0 Å². The van der Waals surface area contributed by atoms with Crippen LogP contribution in [0.2, 0.25) is 5.02 Å².